The summed E-state index contributed by atoms with van der Waals surface area (Å²) in [6, 6.07) is 3.07. The Hall–Kier alpha value is -1.91. The average Bonchev–Trinajstić information content (AvgIpc) is 2.67. The molecule has 1 saturated heterocycles. The molecule has 1 N–H and O–H groups in total. The van der Waals surface area contributed by atoms with Crippen molar-refractivity contribution in [1.82, 2.24) is 9.88 Å². The molecule has 18 heavy (non-hydrogen) atoms. The number of carbonyl (C=O) groups excluding carboxylic acids is 1. The molecule has 0 spiro atoms. The van der Waals surface area contributed by atoms with Crippen LogP contribution in [0.15, 0.2) is 18.3 Å². The van der Waals surface area contributed by atoms with Crippen molar-refractivity contribution in [2.24, 2.45) is 5.92 Å². The van der Waals surface area contributed by atoms with E-state index in [4.69, 9.17) is 5.11 Å². The Morgan fingerprint density at radius 2 is 2.17 bits per heavy atom. The molecule has 5 heteroatoms. The van der Waals surface area contributed by atoms with Crippen molar-refractivity contribution < 1.29 is 14.7 Å². The van der Waals surface area contributed by atoms with Gasteiger partial charge in [0.1, 0.15) is 5.69 Å². The largest absolute Gasteiger partial charge is 0.478 e. The van der Waals surface area contributed by atoms with Gasteiger partial charge in [-0.1, -0.05) is 6.92 Å². The molecule has 2 heterocycles. The van der Waals surface area contributed by atoms with Gasteiger partial charge in [0, 0.05) is 18.8 Å². The van der Waals surface area contributed by atoms with E-state index in [0.29, 0.717) is 12.5 Å². The highest BCUT2D eigenvalue weighted by Crippen LogP contribution is 2.24. The lowest BCUT2D eigenvalue weighted by Crippen LogP contribution is -2.35. The van der Waals surface area contributed by atoms with Crippen LogP contribution in [0.1, 0.15) is 41.1 Å². The van der Waals surface area contributed by atoms with Crippen LogP contribution < -0.4 is 0 Å². The minimum absolute atomic E-state index is 0.0331. The van der Waals surface area contributed by atoms with Gasteiger partial charge in [-0.15, -0.1) is 0 Å². The van der Waals surface area contributed by atoms with E-state index in [1.165, 1.54) is 18.3 Å². The molecule has 96 valence electrons. The molecule has 5 nitrogen and oxygen atoms in total. The van der Waals surface area contributed by atoms with Gasteiger partial charge in [0.05, 0.1) is 5.56 Å². The van der Waals surface area contributed by atoms with Crippen LogP contribution in [0, 0.1) is 5.92 Å². The van der Waals surface area contributed by atoms with E-state index in [1.54, 1.807) is 4.90 Å². The number of carbonyl (C=O) groups is 2. The summed E-state index contributed by atoms with van der Waals surface area (Å²) in [4.78, 5) is 29.0. The molecule has 0 bridgehead atoms. The van der Waals surface area contributed by atoms with Crippen molar-refractivity contribution in [3.05, 3.63) is 29.6 Å². The number of hydrogen-bond donors (Lipinski definition) is 1. The Kier molecular flexibility index (Phi) is 3.32. The number of pyridine rings is 1. The lowest BCUT2D eigenvalue weighted by Gasteiger charge is -2.21. The summed E-state index contributed by atoms with van der Waals surface area (Å²) < 4.78 is 0. The molecule has 0 radical (unpaired) electrons. The maximum Gasteiger partial charge on any atom is 0.338 e. The summed E-state index contributed by atoms with van der Waals surface area (Å²) in [5.74, 6) is -0.961. The molecular formula is C13H16N2O3. The minimum atomic E-state index is -1.12. The van der Waals surface area contributed by atoms with Crippen molar-refractivity contribution >= 4 is 11.9 Å². The van der Waals surface area contributed by atoms with Crippen LogP contribution in [0.3, 0.4) is 0 Å². The van der Waals surface area contributed by atoms with Crippen LogP contribution in [0.5, 0.6) is 0 Å². The number of carboxylic acid groups (broad SMARTS) is 1. The van der Waals surface area contributed by atoms with Crippen LogP contribution in [0.2, 0.25) is 0 Å². The SMILES string of the molecule is CC1CC(C)N(C(=O)c2ncccc2C(=O)O)C1. The molecule has 0 aliphatic carbocycles. The molecule has 2 unspecified atom stereocenters. The number of amides is 1. The summed E-state index contributed by atoms with van der Waals surface area (Å²) in [7, 11) is 0. The molecule has 1 aliphatic heterocycles. The third-order valence-electron chi connectivity index (χ3n) is 3.29. The molecule has 1 fully saturated rings. The van der Waals surface area contributed by atoms with Crippen LogP contribution in [0.25, 0.3) is 0 Å². The van der Waals surface area contributed by atoms with Gasteiger partial charge in [-0.2, -0.15) is 0 Å². The number of likely N-dealkylation sites (tertiary alicyclic amines) is 1. The van der Waals surface area contributed by atoms with E-state index >= 15 is 0 Å². The van der Waals surface area contributed by atoms with Crippen LogP contribution >= 0.6 is 0 Å². The monoisotopic (exact) mass is 248 g/mol. The average molecular weight is 248 g/mol. The Balaban J connectivity index is 2.32. The van der Waals surface area contributed by atoms with Gasteiger partial charge < -0.3 is 10.0 Å². The van der Waals surface area contributed by atoms with E-state index in [2.05, 4.69) is 11.9 Å². The number of aromatic carboxylic acids is 1. The van der Waals surface area contributed by atoms with E-state index in [0.717, 1.165) is 6.42 Å². The molecule has 2 atom stereocenters. The summed E-state index contributed by atoms with van der Waals surface area (Å²) >= 11 is 0. The highest BCUT2D eigenvalue weighted by molar-refractivity contribution is 6.03. The fourth-order valence-corrected chi connectivity index (χ4v) is 2.47. The standard InChI is InChI=1S/C13H16N2O3/c1-8-6-9(2)15(7-8)12(16)11-10(13(17)18)4-3-5-14-11/h3-5,8-9H,6-7H2,1-2H3,(H,17,18). The summed E-state index contributed by atoms with van der Waals surface area (Å²) in [6.07, 6.45) is 2.39. The first kappa shape index (κ1) is 12.5. The smallest absolute Gasteiger partial charge is 0.338 e. The zero-order valence-electron chi connectivity index (χ0n) is 10.5. The van der Waals surface area contributed by atoms with Crippen molar-refractivity contribution in [3.8, 4) is 0 Å². The first-order chi connectivity index (χ1) is 8.50. The topological polar surface area (TPSA) is 70.5 Å². The first-order valence-corrected chi connectivity index (χ1v) is 6.00. The molecule has 0 aromatic carbocycles. The normalized spacial score (nSPS) is 23.1. The summed E-state index contributed by atoms with van der Waals surface area (Å²) in [5.41, 5.74) is 0.000188. The lowest BCUT2D eigenvalue weighted by molar-refractivity contribution is 0.0668. The van der Waals surface area contributed by atoms with Gasteiger partial charge in [0.2, 0.25) is 0 Å². The van der Waals surface area contributed by atoms with Gasteiger partial charge in [0.15, 0.2) is 0 Å². The summed E-state index contributed by atoms with van der Waals surface area (Å²) in [6.45, 7) is 4.72. The van der Waals surface area contributed by atoms with E-state index < -0.39 is 5.97 Å². The Bertz CT molecular complexity index is 487. The zero-order valence-corrected chi connectivity index (χ0v) is 10.5. The van der Waals surface area contributed by atoms with Gasteiger partial charge >= 0.3 is 5.97 Å². The molecule has 1 aromatic heterocycles. The fraction of sp³-hybridized carbons (Fsp3) is 0.462. The molecule has 0 saturated carbocycles. The molecule has 1 aromatic rings. The number of rotatable bonds is 2. The minimum Gasteiger partial charge on any atom is -0.478 e. The van der Waals surface area contributed by atoms with E-state index in [1.807, 2.05) is 6.92 Å². The van der Waals surface area contributed by atoms with E-state index in [-0.39, 0.29) is 23.2 Å². The second-order valence-electron chi connectivity index (χ2n) is 4.85. The zero-order chi connectivity index (χ0) is 13.3. The van der Waals surface area contributed by atoms with Gasteiger partial charge in [0.25, 0.3) is 5.91 Å². The van der Waals surface area contributed by atoms with Gasteiger partial charge in [-0.25, -0.2) is 4.79 Å². The van der Waals surface area contributed by atoms with Crippen molar-refractivity contribution in [1.29, 1.82) is 0 Å². The molecule has 1 amide bonds. The van der Waals surface area contributed by atoms with Gasteiger partial charge in [-0.3, -0.25) is 9.78 Å². The fourth-order valence-electron chi connectivity index (χ4n) is 2.47. The van der Waals surface area contributed by atoms with Crippen molar-refractivity contribution in [2.45, 2.75) is 26.3 Å². The van der Waals surface area contributed by atoms with Crippen LogP contribution in [-0.4, -0.2) is 39.5 Å². The van der Waals surface area contributed by atoms with Crippen LogP contribution in [-0.2, 0) is 0 Å². The predicted octanol–water partition coefficient (Wildman–Crippen LogP) is 1.65. The molecule has 1 aliphatic rings. The number of nitrogens with zero attached hydrogens (tertiary/aromatic N) is 2. The number of aromatic nitrogens is 1. The number of hydrogen-bond acceptors (Lipinski definition) is 3. The summed E-state index contributed by atoms with van der Waals surface area (Å²) in [5, 5.41) is 9.06. The lowest BCUT2D eigenvalue weighted by atomic mass is 10.1. The van der Waals surface area contributed by atoms with Crippen molar-refractivity contribution in [2.75, 3.05) is 6.54 Å². The highest BCUT2D eigenvalue weighted by Gasteiger charge is 2.32. The number of carboxylic acids is 1. The quantitative estimate of drug-likeness (QED) is 0.863. The maximum atomic E-state index is 12.3. The predicted molar refractivity (Wildman–Crippen MR) is 65.5 cm³/mol. The van der Waals surface area contributed by atoms with Gasteiger partial charge in [-0.05, 0) is 31.4 Å². The van der Waals surface area contributed by atoms with Crippen molar-refractivity contribution in [3.63, 3.8) is 0 Å². The Labute approximate surface area is 105 Å². The molecular weight excluding hydrogens is 232 g/mol. The van der Waals surface area contributed by atoms with E-state index in [9.17, 15) is 9.59 Å². The highest BCUT2D eigenvalue weighted by atomic mass is 16.4. The third-order valence-corrected chi connectivity index (χ3v) is 3.29. The maximum absolute atomic E-state index is 12.3. The second-order valence-corrected chi connectivity index (χ2v) is 4.85. The molecule has 2 rings (SSSR count). The second kappa shape index (κ2) is 4.76. The Morgan fingerprint density at radius 3 is 2.72 bits per heavy atom. The van der Waals surface area contributed by atoms with Crippen LogP contribution in [0.4, 0.5) is 0 Å². The third kappa shape index (κ3) is 2.20. The first-order valence-electron chi connectivity index (χ1n) is 6.00. The Morgan fingerprint density at radius 1 is 1.44 bits per heavy atom.